The van der Waals surface area contributed by atoms with Gasteiger partial charge in [0.15, 0.2) is 0 Å². The molecular weight excluding hydrogens is 377 g/mol. The number of rotatable bonds is 5. The van der Waals surface area contributed by atoms with Crippen molar-refractivity contribution in [3.05, 3.63) is 65.5 Å². The quantitative estimate of drug-likeness (QED) is 0.675. The summed E-state index contributed by atoms with van der Waals surface area (Å²) in [7, 11) is 1.56. The van der Waals surface area contributed by atoms with E-state index in [1.54, 1.807) is 19.2 Å². The van der Waals surface area contributed by atoms with Gasteiger partial charge in [-0.15, -0.1) is 5.10 Å². The average molecular weight is 392 g/mol. The molecule has 10 heteroatoms. The number of methoxy groups -OCH3 is 1. The van der Waals surface area contributed by atoms with E-state index in [9.17, 15) is 18.0 Å². The van der Waals surface area contributed by atoms with Crippen LogP contribution in [0.5, 0.6) is 5.75 Å². The zero-order valence-electron chi connectivity index (χ0n) is 14.6. The molecule has 2 N–H and O–H groups in total. The minimum absolute atomic E-state index is 0.0229. The molecule has 1 heterocycles. The fourth-order valence-electron chi connectivity index (χ4n) is 2.33. The summed E-state index contributed by atoms with van der Waals surface area (Å²) in [4.78, 5) is 11.9. The fourth-order valence-corrected chi connectivity index (χ4v) is 2.33. The second-order valence-electron chi connectivity index (χ2n) is 5.68. The predicted octanol–water partition coefficient (Wildman–Crippen LogP) is 4.33. The first-order valence-electron chi connectivity index (χ1n) is 8.04. The molecule has 0 radical (unpaired) electrons. The van der Waals surface area contributed by atoms with E-state index in [0.29, 0.717) is 12.2 Å². The Hall–Kier alpha value is -3.56. The molecule has 0 bridgehead atoms. The lowest BCUT2D eigenvalue weighted by Gasteiger charge is -2.09. The summed E-state index contributed by atoms with van der Waals surface area (Å²) in [6.45, 7) is 0. The van der Waals surface area contributed by atoms with E-state index in [-0.39, 0.29) is 17.6 Å². The molecule has 0 aliphatic rings. The molecule has 0 aliphatic heterocycles. The minimum Gasteiger partial charge on any atom is -0.497 e. The van der Waals surface area contributed by atoms with Crippen LogP contribution in [0.15, 0.2) is 52.9 Å². The second kappa shape index (κ2) is 7.99. The van der Waals surface area contributed by atoms with E-state index in [1.807, 2.05) is 12.1 Å². The van der Waals surface area contributed by atoms with Crippen molar-refractivity contribution in [1.29, 1.82) is 0 Å². The Bertz CT molecular complexity index is 955. The van der Waals surface area contributed by atoms with Crippen LogP contribution >= 0.6 is 0 Å². The summed E-state index contributed by atoms with van der Waals surface area (Å²) in [5.74, 6) is 0.974. The van der Waals surface area contributed by atoms with Gasteiger partial charge in [0, 0.05) is 5.69 Å². The number of urea groups is 1. The van der Waals surface area contributed by atoms with Gasteiger partial charge in [-0.1, -0.05) is 23.3 Å². The van der Waals surface area contributed by atoms with Crippen LogP contribution in [-0.2, 0) is 12.6 Å². The highest BCUT2D eigenvalue weighted by Crippen LogP contribution is 2.30. The molecule has 7 nitrogen and oxygen atoms in total. The number of benzene rings is 2. The number of aromatic nitrogens is 2. The highest BCUT2D eigenvalue weighted by Gasteiger charge is 2.30. The van der Waals surface area contributed by atoms with Crippen LogP contribution in [0.2, 0.25) is 0 Å². The van der Waals surface area contributed by atoms with Crippen LogP contribution in [0.3, 0.4) is 0 Å². The number of alkyl halides is 3. The number of nitrogens with zero attached hydrogens (tertiary/aromatic N) is 2. The molecule has 0 unspecified atom stereocenters. The van der Waals surface area contributed by atoms with E-state index in [4.69, 9.17) is 9.15 Å². The Morgan fingerprint density at radius 3 is 2.54 bits per heavy atom. The summed E-state index contributed by atoms with van der Waals surface area (Å²) in [5.41, 5.74) is -0.000387. The second-order valence-corrected chi connectivity index (χ2v) is 5.68. The van der Waals surface area contributed by atoms with Crippen molar-refractivity contribution in [3.63, 3.8) is 0 Å². The van der Waals surface area contributed by atoms with Crippen molar-refractivity contribution < 1.29 is 27.1 Å². The van der Waals surface area contributed by atoms with Crippen molar-refractivity contribution in [2.75, 3.05) is 17.7 Å². The molecule has 2 amide bonds. The third-order valence-electron chi connectivity index (χ3n) is 3.65. The fraction of sp³-hybridized carbons (Fsp3) is 0.167. The lowest BCUT2D eigenvalue weighted by Crippen LogP contribution is -2.20. The Morgan fingerprint density at radius 1 is 1.11 bits per heavy atom. The first-order valence-corrected chi connectivity index (χ1v) is 8.04. The molecule has 3 aromatic rings. The van der Waals surface area contributed by atoms with E-state index in [0.717, 1.165) is 17.7 Å². The SMILES string of the molecule is COc1ccc(Cc2nnc(NC(=O)Nc3cccc(C(F)(F)F)c3)o2)cc1. The number of carbonyl (C=O) groups excluding carboxylic acids is 1. The lowest BCUT2D eigenvalue weighted by molar-refractivity contribution is -0.137. The summed E-state index contributed by atoms with van der Waals surface area (Å²) in [6.07, 6.45) is -4.16. The number of hydrogen-bond donors (Lipinski definition) is 2. The van der Waals surface area contributed by atoms with Gasteiger partial charge in [-0.3, -0.25) is 5.32 Å². The molecule has 0 fully saturated rings. The molecular formula is C18H15F3N4O3. The predicted molar refractivity (Wildman–Crippen MR) is 94.2 cm³/mol. The number of nitrogens with one attached hydrogen (secondary N) is 2. The monoisotopic (exact) mass is 392 g/mol. The zero-order valence-corrected chi connectivity index (χ0v) is 14.6. The first-order chi connectivity index (χ1) is 13.3. The van der Waals surface area contributed by atoms with Gasteiger partial charge in [-0.2, -0.15) is 13.2 Å². The van der Waals surface area contributed by atoms with Crippen LogP contribution in [0.25, 0.3) is 0 Å². The molecule has 1 aromatic heterocycles. The average Bonchev–Trinajstić information content (AvgIpc) is 3.08. The molecule has 0 spiro atoms. The molecule has 28 heavy (non-hydrogen) atoms. The van der Waals surface area contributed by atoms with Gasteiger partial charge in [0.25, 0.3) is 0 Å². The summed E-state index contributed by atoms with van der Waals surface area (Å²) >= 11 is 0. The van der Waals surface area contributed by atoms with E-state index >= 15 is 0 Å². The minimum atomic E-state index is -4.50. The van der Waals surface area contributed by atoms with Crippen molar-refractivity contribution in [2.24, 2.45) is 0 Å². The Morgan fingerprint density at radius 2 is 1.86 bits per heavy atom. The van der Waals surface area contributed by atoms with Gasteiger partial charge in [-0.05, 0) is 35.9 Å². The van der Waals surface area contributed by atoms with Crippen molar-refractivity contribution in [3.8, 4) is 5.75 Å². The number of ether oxygens (including phenoxy) is 1. The Labute approximate surface area is 157 Å². The number of halogens is 3. The van der Waals surface area contributed by atoms with Gasteiger partial charge < -0.3 is 14.5 Å². The Balaban J connectivity index is 1.59. The highest BCUT2D eigenvalue weighted by molar-refractivity contribution is 5.98. The first kappa shape index (κ1) is 19.2. The van der Waals surface area contributed by atoms with Crippen LogP contribution in [0, 0.1) is 0 Å². The number of carbonyl (C=O) groups is 1. The molecule has 0 saturated heterocycles. The molecule has 2 aromatic carbocycles. The number of amides is 2. The van der Waals surface area contributed by atoms with Crippen molar-refractivity contribution in [1.82, 2.24) is 10.2 Å². The number of anilines is 2. The van der Waals surface area contributed by atoms with E-state index in [2.05, 4.69) is 20.8 Å². The van der Waals surface area contributed by atoms with Crippen LogP contribution in [0.1, 0.15) is 17.0 Å². The molecule has 0 aliphatic carbocycles. The summed E-state index contributed by atoms with van der Waals surface area (Å²) < 4.78 is 48.5. The Kier molecular flexibility index (Phi) is 5.48. The zero-order chi connectivity index (χ0) is 20.1. The molecule has 146 valence electrons. The third kappa shape index (κ3) is 5.00. The summed E-state index contributed by atoms with van der Waals surface area (Å²) in [6, 6.07) is 10.5. The maximum atomic E-state index is 12.7. The largest absolute Gasteiger partial charge is 0.497 e. The maximum absolute atomic E-state index is 12.7. The van der Waals surface area contributed by atoms with Gasteiger partial charge in [0.2, 0.25) is 5.89 Å². The molecule has 0 atom stereocenters. The van der Waals surface area contributed by atoms with Crippen molar-refractivity contribution >= 4 is 17.7 Å². The van der Waals surface area contributed by atoms with Gasteiger partial charge in [0.05, 0.1) is 19.1 Å². The van der Waals surface area contributed by atoms with Crippen LogP contribution in [0.4, 0.5) is 29.7 Å². The standard InChI is InChI=1S/C18H15F3N4O3/c1-27-14-7-5-11(6-8-14)9-15-24-25-17(28-15)23-16(26)22-13-4-2-3-12(10-13)18(19,20)21/h2-8,10H,9H2,1H3,(H2,22,23,25,26). The van der Waals surface area contributed by atoms with Gasteiger partial charge in [0.1, 0.15) is 5.75 Å². The third-order valence-corrected chi connectivity index (χ3v) is 3.65. The molecule has 3 rings (SSSR count). The van der Waals surface area contributed by atoms with Crippen LogP contribution in [-0.4, -0.2) is 23.3 Å². The van der Waals surface area contributed by atoms with Gasteiger partial charge >= 0.3 is 18.2 Å². The highest BCUT2D eigenvalue weighted by atomic mass is 19.4. The smallest absolute Gasteiger partial charge is 0.416 e. The maximum Gasteiger partial charge on any atom is 0.416 e. The van der Waals surface area contributed by atoms with E-state index < -0.39 is 17.8 Å². The summed E-state index contributed by atoms with van der Waals surface area (Å²) in [5, 5.41) is 12.1. The van der Waals surface area contributed by atoms with Crippen molar-refractivity contribution in [2.45, 2.75) is 12.6 Å². The normalized spacial score (nSPS) is 11.1. The number of hydrogen-bond acceptors (Lipinski definition) is 5. The molecule has 0 saturated carbocycles. The van der Waals surface area contributed by atoms with E-state index in [1.165, 1.54) is 12.1 Å². The lowest BCUT2D eigenvalue weighted by atomic mass is 10.1. The van der Waals surface area contributed by atoms with Gasteiger partial charge in [-0.25, -0.2) is 4.79 Å². The van der Waals surface area contributed by atoms with Crippen LogP contribution < -0.4 is 15.4 Å². The topological polar surface area (TPSA) is 89.3 Å².